The average Bonchev–Trinajstić information content (AvgIpc) is 2.10. The normalized spacial score (nSPS) is 13.8. The van der Waals surface area contributed by atoms with Gasteiger partial charge in [-0.2, -0.15) is 0 Å². The number of hydrogen-bond acceptors (Lipinski definition) is 4. The Morgan fingerprint density at radius 3 is 2.33 bits per heavy atom. The summed E-state index contributed by atoms with van der Waals surface area (Å²) in [5.74, 6) is 0. The lowest BCUT2D eigenvalue weighted by Gasteiger charge is -2.37. The Morgan fingerprint density at radius 1 is 1.47 bits per heavy atom. The van der Waals surface area contributed by atoms with Gasteiger partial charge in [0.2, 0.25) is 0 Å². The number of allylic oxidation sites excluding steroid dienone is 1. The number of rotatable bonds is 6. The smallest absolute Gasteiger partial charge is 0.192 e. The highest BCUT2D eigenvalue weighted by atomic mass is 16.5. The molecule has 5 heteroatoms. The van der Waals surface area contributed by atoms with E-state index in [4.69, 9.17) is 15.9 Å². The first-order chi connectivity index (χ1) is 6.74. The van der Waals surface area contributed by atoms with Crippen molar-refractivity contribution in [3.63, 3.8) is 0 Å². The molecule has 0 heterocycles. The summed E-state index contributed by atoms with van der Waals surface area (Å²) in [5, 5.41) is 16.9. The SMILES string of the molecule is CC(C)(O)C(C)(C)OCB/C(C=N)=C/N. The first kappa shape index (κ1) is 14.2. The van der Waals surface area contributed by atoms with Crippen LogP contribution < -0.4 is 5.73 Å². The van der Waals surface area contributed by atoms with Gasteiger partial charge in [-0.15, -0.1) is 0 Å². The van der Waals surface area contributed by atoms with Crippen molar-refractivity contribution in [2.45, 2.75) is 38.9 Å². The van der Waals surface area contributed by atoms with Crippen LogP contribution in [0.1, 0.15) is 27.7 Å². The van der Waals surface area contributed by atoms with E-state index in [0.29, 0.717) is 13.8 Å². The molecule has 0 spiro atoms. The maximum absolute atomic E-state index is 9.82. The van der Waals surface area contributed by atoms with Crippen LogP contribution in [-0.2, 0) is 4.74 Å². The number of aliphatic hydroxyl groups is 1. The van der Waals surface area contributed by atoms with Crippen LogP contribution in [0.2, 0.25) is 0 Å². The standard InChI is InChI=1S/C10H21BN2O2/c1-9(2,14)10(3,4)15-7-11-8(5-12)6-13/h5-6,11-12,14H,7,13H2,1-4H3/b8-6+,12-5?. The van der Waals surface area contributed by atoms with Crippen LogP contribution in [0.5, 0.6) is 0 Å². The lowest BCUT2D eigenvalue weighted by Crippen LogP contribution is -2.48. The molecule has 0 aliphatic heterocycles. The molecule has 15 heavy (non-hydrogen) atoms. The second kappa shape index (κ2) is 5.33. The molecule has 0 fully saturated rings. The molecule has 0 aliphatic rings. The Balaban J connectivity index is 4.12. The third-order valence-electron chi connectivity index (χ3n) is 2.73. The quantitative estimate of drug-likeness (QED) is 0.440. The molecule has 0 aliphatic carbocycles. The Bertz CT molecular complexity index is 244. The van der Waals surface area contributed by atoms with Gasteiger partial charge in [0, 0.05) is 12.7 Å². The summed E-state index contributed by atoms with van der Waals surface area (Å²) in [6, 6.07) is 0. The topological polar surface area (TPSA) is 79.3 Å². The van der Waals surface area contributed by atoms with Gasteiger partial charge in [-0.25, -0.2) is 0 Å². The monoisotopic (exact) mass is 212 g/mol. The van der Waals surface area contributed by atoms with Crippen molar-refractivity contribution in [3.8, 4) is 0 Å². The van der Waals surface area contributed by atoms with E-state index in [0.717, 1.165) is 5.47 Å². The molecular formula is C10H21BN2O2. The Labute approximate surface area is 92.3 Å². The van der Waals surface area contributed by atoms with Gasteiger partial charge in [-0.3, -0.25) is 0 Å². The van der Waals surface area contributed by atoms with Crippen LogP contribution in [0.25, 0.3) is 0 Å². The zero-order valence-electron chi connectivity index (χ0n) is 10.0. The zero-order chi connectivity index (χ0) is 12.1. The van der Waals surface area contributed by atoms with Gasteiger partial charge in [0.1, 0.15) is 0 Å². The van der Waals surface area contributed by atoms with E-state index in [1.807, 2.05) is 13.8 Å². The molecular weight excluding hydrogens is 191 g/mol. The van der Waals surface area contributed by atoms with Gasteiger partial charge in [0.15, 0.2) is 7.28 Å². The zero-order valence-corrected chi connectivity index (χ0v) is 10.0. The average molecular weight is 212 g/mol. The molecule has 0 rings (SSSR count). The van der Waals surface area contributed by atoms with E-state index in [9.17, 15) is 5.11 Å². The van der Waals surface area contributed by atoms with Crippen molar-refractivity contribution in [2.75, 3.05) is 6.51 Å². The Morgan fingerprint density at radius 2 is 2.00 bits per heavy atom. The second-order valence-electron chi connectivity index (χ2n) is 4.55. The first-order valence-corrected chi connectivity index (χ1v) is 5.02. The maximum atomic E-state index is 9.82. The minimum absolute atomic E-state index is 0.440. The molecule has 0 aromatic heterocycles. The predicted molar refractivity (Wildman–Crippen MR) is 64.5 cm³/mol. The van der Waals surface area contributed by atoms with Crippen molar-refractivity contribution in [2.24, 2.45) is 5.73 Å². The number of nitrogens with two attached hydrogens (primary N) is 1. The molecule has 0 atom stereocenters. The summed E-state index contributed by atoms with van der Waals surface area (Å²) in [5.41, 5.74) is 4.51. The van der Waals surface area contributed by atoms with Crippen molar-refractivity contribution in [3.05, 3.63) is 11.7 Å². The Hall–Kier alpha value is -0.805. The summed E-state index contributed by atoms with van der Waals surface area (Å²) < 4.78 is 5.58. The van der Waals surface area contributed by atoms with Crippen molar-refractivity contribution >= 4 is 13.5 Å². The molecule has 0 aromatic carbocycles. The van der Waals surface area contributed by atoms with Crippen LogP contribution in [0, 0.1) is 5.41 Å². The van der Waals surface area contributed by atoms with Gasteiger partial charge < -0.3 is 21.0 Å². The van der Waals surface area contributed by atoms with Crippen molar-refractivity contribution in [1.29, 1.82) is 5.41 Å². The van der Waals surface area contributed by atoms with Crippen molar-refractivity contribution in [1.82, 2.24) is 0 Å². The third-order valence-corrected chi connectivity index (χ3v) is 2.73. The van der Waals surface area contributed by atoms with Crippen molar-refractivity contribution < 1.29 is 9.84 Å². The minimum Gasteiger partial charge on any atom is -0.405 e. The van der Waals surface area contributed by atoms with Crippen LogP contribution in [0.15, 0.2) is 11.7 Å². The van der Waals surface area contributed by atoms with Gasteiger partial charge >= 0.3 is 0 Å². The lowest BCUT2D eigenvalue weighted by molar-refractivity contribution is -0.135. The molecule has 4 N–H and O–H groups in total. The van der Waals surface area contributed by atoms with Crippen LogP contribution in [0.3, 0.4) is 0 Å². The molecule has 4 nitrogen and oxygen atoms in total. The minimum atomic E-state index is -0.899. The number of hydrogen-bond donors (Lipinski definition) is 3. The van der Waals surface area contributed by atoms with Gasteiger partial charge in [0.05, 0.1) is 11.2 Å². The molecule has 86 valence electrons. The van der Waals surface area contributed by atoms with E-state index < -0.39 is 11.2 Å². The fraction of sp³-hybridized carbons (Fsp3) is 0.700. The summed E-state index contributed by atoms with van der Waals surface area (Å²) in [6.07, 6.45) is 2.61. The fourth-order valence-electron chi connectivity index (χ4n) is 0.804. The van der Waals surface area contributed by atoms with E-state index in [-0.39, 0.29) is 0 Å². The van der Waals surface area contributed by atoms with Crippen LogP contribution in [-0.4, -0.2) is 36.3 Å². The fourth-order valence-corrected chi connectivity index (χ4v) is 0.804. The van der Waals surface area contributed by atoms with E-state index in [2.05, 4.69) is 0 Å². The highest BCUT2D eigenvalue weighted by molar-refractivity contribution is 6.51. The van der Waals surface area contributed by atoms with Gasteiger partial charge in [-0.1, -0.05) is 0 Å². The second-order valence-corrected chi connectivity index (χ2v) is 4.55. The van der Waals surface area contributed by atoms with E-state index >= 15 is 0 Å². The van der Waals surface area contributed by atoms with Crippen LogP contribution in [0.4, 0.5) is 0 Å². The molecule has 0 aromatic rings. The summed E-state index contributed by atoms with van der Waals surface area (Å²) in [6.45, 7) is 7.54. The molecule has 0 saturated carbocycles. The third kappa shape index (κ3) is 4.49. The molecule has 0 bridgehead atoms. The van der Waals surface area contributed by atoms with Gasteiger partial charge in [-0.05, 0) is 39.4 Å². The summed E-state index contributed by atoms with van der Waals surface area (Å²) in [7, 11) is 0.583. The summed E-state index contributed by atoms with van der Waals surface area (Å²) in [4.78, 5) is 0. The highest BCUT2D eigenvalue weighted by Crippen LogP contribution is 2.24. The first-order valence-electron chi connectivity index (χ1n) is 5.02. The maximum Gasteiger partial charge on any atom is 0.192 e. The molecule has 0 radical (unpaired) electrons. The van der Waals surface area contributed by atoms with E-state index in [1.54, 1.807) is 13.8 Å². The summed E-state index contributed by atoms with van der Waals surface area (Å²) >= 11 is 0. The molecule has 0 unspecified atom stereocenters. The lowest BCUT2D eigenvalue weighted by atomic mass is 9.71. The highest BCUT2D eigenvalue weighted by Gasteiger charge is 2.35. The van der Waals surface area contributed by atoms with Gasteiger partial charge in [0.25, 0.3) is 0 Å². The molecule has 0 saturated heterocycles. The number of ether oxygens (including phenoxy) is 1. The Kier molecular flexibility index (Phi) is 5.04. The number of nitrogens with one attached hydrogen (secondary N) is 1. The van der Waals surface area contributed by atoms with Crippen LogP contribution >= 0.6 is 0 Å². The predicted octanol–water partition coefficient (Wildman–Crippen LogP) is 0.396. The molecule has 0 amide bonds. The largest absolute Gasteiger partial charge is 0.405 e. The van der Waals surface area contributed by atoms with E-state index in [1.165, 1.54) is 12.4 Å².